The van der Waals surface area contributed by atoms with Crippen LogP contribution in [0.25, 0.3) is 0 Å². The lowest BCUT2D eigenvalue weighted by Crippen LogP contribution is -1.81. The molecule has 0 saturated heterocycles. The zero-order valence-corrected chi connectivity index (χ0v) is 5.06. The van der Waals surface area contributed by atoms with E-state index >= 15 is 0 Å². The van der Waals surface area contributed by atoms with Crippen LogP contribution in [-0.2, 0) is 4.57 Å². The molecule has 0 saturated carbocycles. The van der Waals surface area contributed by atoms with E-state index in [1.165, 1.54) is 0 Å². The molecule has 1 radical (unpaired) electrons. The van der Waals surface area contributed by atoms with E-state index in [1.807, 2.05) is 0 Å². The fraction of sp³-hybridized carbons (Fsp3) is 0.500. The monoisotopic (exact) mass is 143 g/mol. The summed E-state index contributed by atoms with van der Waals surface area (Å²) in [6.45, 7) is 0. The van der Waals surface area contributed by atoms with E-state index in [0.717, 1.165) is 5.88 Å². The van der Waals surface area contributed by atoms with E-state index in [9.17, 15) is 4.57 Å². The highest BCUT2D eigenvalue weighted by Gasteiger charge is 2.09. The van der Waals surface area contributed by atoms with E-state index < -0.39 is 7.60 Å². The van der Waals surface area contributed by atoms with Crippen LogP contribution in [0.1, 0.15) is 0 Å². The van der Waals surface area contributed by atoms with Crippen molar-refractivity contribution in [3.8, 4) is 0 Å². The lowest BCUT2D eigenvalue weighted by Gasteiger charge is -1.95. The largest absolute Gasteiger partial charge is 0.327 e. The molecule has 0 unspecified atom stereocenters. The number of hydrogen-bond donors (Lipinski definition) is 2. The lowest BCUT2D eigenvalue weighted by atomic mass is 11.0. The number of halogens is 1. The molecule has 0 aromatic heterocycles. The second-order valence-electron chi connectivity index (χ2n) is 1.00. The minimum Gasteiger partial charge on any atom is -0.324 e. The second-order valence-corrected chi connectivity index (χ2v) is 3.00. The normalized spacial score (nSPS) is 11.9. The van der Waals surface area contributed by atoms with Crippen molar-refractivity contribution in [2.24, 2.45) is 0 Å². The van der Waals surface area contributed by atoms with Crippen LogP contribution in [0.15, 0.2) is 0 Å². The van der Waals surface area contributed by atoms with Gasteiger partial charge in [0.2, 0.25) is 0 Å². The van der Waals surface area contributed by atoms with Gasteiger partial charge in [-0.1, -0.05) is 0 Å². The van der Waals surface area contributed by atoms with Crippen molar-refractivity contribution in [2.75, 3.05) is 6.16 Å². The molecule has 0 aromatic carbocycles. The Morgan fingerprint density at radius 2 is 2.14 bits per heavy atom. The van der Waals surface area contributed by atoms with Gasteiger partial charge >= 0.3 is 7.60 Å². The smallest absolute Gasteiger partial charge is 0.324 e. The number of hydrogen-bond acceptors (Lipinski definition) is 1. The molecule has 0 fully saturated rings. The van der Waals surface area contributed by atoms with E-state index in [0.29, 0.717) is 0 Å². The molecule has 0 amide bonds. The summed E-state index contributed by atoms with van der Waals surface area (Å²) < 4.78 is 9.81. The van der Waals surface area contributed by atoms with Crippen molar-refractivity contribution in [3.05, 3.63) is 5.88 Å². The maximum absolute atomic E-state index is 9.81. The summed E-state index contributed by atoms with van der Waals surface area (Å²) in [4.78, 5) is 16.0. The van der Waals surface area contributed by atoms with E-state index in [2.05, 4.69) is 0 Å². The van der Waals surface area contributed by atoms with Crippen LogP contribution in [0.2, 0.25) is 0 Å². The van der Waals surface area contributed by atoms with Crippen LogP contribution in [-0.4, -0.2) is 15.9 Å². The SMILES string of the molecule is O=P(O)(O)C[CH]Cl. The molecule has 5 heteroatoms. The molecule has 0 aliphatic carbocycles. The van der Waals surface area contributed by atoms with Gasteiger partial charge in [-0.15, -0.1) is 11.6 Å². The maximum atomic E-state index is 9.81. The van der Waals surface area contributed by atoms with E-state index in [4.69, 9.17) is 21.4 Å². The Hall–Kier alpha value is 0.440. The Labute approximate surface area is 46.5 Å². The molecule has 0 rings (SSSR count). The maximum Gasteiger partial charge on any atom is 0.327 e. The molecular formula is C2H5ClO3P. The molecule has 2 N–H and O–H groups in total. The first-order chi connectivity index (χ1) is 3.06. The quantitative estimate of drug-likeness (QED) is 0.556. The fourth-order valence-electron chi connectivity index (χ4n) is 0.0899. The Bertz CT molecular complexity index is 86.9. The van der Waals surface area contributed by atoms with E-state index in [1.54, 1.807) is 0 Å². The first kappa shape index (κ1) is 7.44. The Kier molecular flexibility index (Phi) is 2.84. The van der Waals surface area contributed by atoms with Gasteiger partial charge in [-0.25, -0.2) is 0 Å². The third kappa shape index (κ3) is 6.44. The van der Waals surface area contributed by atoms with Gasteiger partial charge in [-0.05, 0) is 0 Å². The molecule has 0 aliphatic heterocycles. The predicted molar refractivity (Wildman–Crippen MR) is 27.1 cm³/mol. The van der Waals surface area contributed by atoms with Crippen LogP contribution in [0.3, 0.4) is 0 Å². The standard InChI is InChI=1S/C2H5ClO3P/c3-1-2-7(4,5)6/h1H,2H2,(H2,4,5,6). The molecule has 0 aliphatic rings. The molecule has 0 atom stereocenters. The zero-order chi connectivity index (χ0) is 5.91. The van der Waals surface area contributed by atoms with Gasteiger partial charge in [0.25, 0.3) is 0 Å². The Morgan fingerprint density at radius 1 is 1.71 bits per heavy atom. The van der Waals surface area contributed by atoms with Crippen molar-refractivity contribution >= 4 is 19.2 Å². The summed E-state index contributed by atoms with van der Waals surface area (Å²) in [6, 6.07) is 0. The van der Waals surface area contributed by atoms with Gasteiger partial charge in [0.1, 0.15) is 0 Å². The predicted octanol–water partition coefficient (Wildman–Crippen LogP) is 0.565. The van der Waals surface area contributed by atoms with Gasteiger partial charge in [0, 0.05) is 0 Å². The summed E-state index contributed by atoms with van der Waals surface area (Å²) in [6.07, 6.45) is -0.353. The molecule has 43 valence electrons. The summed E-state index contributed by atoms with van der Waals surface area (Å²) in [5.41, 5.74) is 0. The Balaban J connectivity index is 3.36. The number of rotatable bonds is 2. The highest BCUT2D eigenvalue weighted by Crippen LogP contribution is 2.34. The lowest BCUT2D eigenvalue weighted by molar-refractivity contribution is 0.376. The van der Waals surface area contributed by atoms with Gasteiger partial charge in [-0.3, -0.25) is 4.57 Å². The Morgan fingerprint density at radius 3 is 2.14 bits per heavy atom. The summed E-state index contributed by atoms with van der Waals surface area (Å²) in [7, 11) is -3.85. The topological polar surface area (TPSA) is 57.5 Å². The van der Waals surface area contributed by atoms with Crippen LogP contribution < -0.4 is 0 Å². The third-order valence-electron chi connectivity index (χ3n) is 0.307. The summed E-state index contributed by atoms with van der Waals surface area (Å²) in [5, 5.41) is 0. The van der Waals surface area contributed by atoms with Crippen LogP contribution in [0.4, 0.5) is 0 Å². The molecule has 7 heavy (non-hydrogen) atoms. The van der Waals surface area contributed by atoms with Crippen LogP contribution >= 0.6 is 19.2 Å². The summed E-state index contributed by atoms with van der Waals surface area (Å²) >= 11 is 4.87. The first-order valence-electron chi connectivity index (χ1n) is 1.53. The molecule has 0 spiro atoms. The summed E-state index contributed by atoms with van der Waals surface area (Å²) in [5.74, 6) is 0.917. The van der Waals surface area contributed by atoms with Crippen molar-refractivity contribution in [2.45, 2.75) is 0 Å². The average Bonchev–Trinajstić information content (AvgIpc) is 1.30. The first-order valence-corrected chi connectivity index (χ1v) is 3.76. The highest BCUT2D eigenvalue weighted by atomic mass is 35.5. The van der Waals surface area contributed by atoms with Gasteiger partial charge < -0.3 is 9.79 Å². The van der Waals surface area contributed by atoms with Crippen LogP contribution in [0.5, 0.6) is 0 Å². The minimum absolute atomic E-state index is 0.353. The van der Waals surface area contributed by atoms with Crippen molar-refractivity contribution in [3.63, 3.8) is 0 Å². The molecule has 3 nitrogen and oxygen atoms in total. The van der Waals surface area contributed by atoms with E-state index in [-0.39, 0.29) is 6.16 Å². The highest BCUT2D eigenvalue weighted by molar-refractivity contribution is 7.52. The van der Waals surface area contributed by atoms with Crippen molar-refractivity contribution < 1.29 is 14.4 Å². The van der Waals surface area contributed by atoms with Gasteiger partial charge in [0.05, 0.1) is 12.0 Å². The minimum atomic E-state index is -3.85. The van der Waals surface area contributed by atoms with Crippen molar-refractivity contribution in [1.82, 2.24) is 0 Å². The fourth-order valence-corrected chi connectivity index (χ4v) is 0.809. The van der Waals surface area contributed by atoms with Crippen LogP contribution in [0, 0.1) is 5.88 Å². The molecule has 0 heterocycles. The molecular weight excluding hydrogens is 138 g/mol. The third-order valence-corrected chi connectivity index (χ3v) is 1.33. The molecule has 0 bridgehead atoms. The van der Waals surface area contributed by atoms with Gasteiger partial charge in [0.15, 0.2) is 0 Å². The molecule has 0 aromatic rings. The van der Waals surface area contributed by atoms with Gasteiger partial charge in [-0.2, -0.15) is 0 Å². The second kappa shape index (κ2) is 2.68. The van der Waals surface area contributed by atoms with Crippen molar-refractivity contribution in [1.29, 1.82) is 0 Å². The average molecular weight is 143 g/mol. The zero-order valence-electron chi connectivity index (χ0n) is 3.41.